The van der Waals surface area contributed by atoms with E-state index in [1.165, 1.54) is 6.07 Å². The molecule has 0 aliphatic carbocycles. The number of rotatable bonds is 9. The topological polar surface area (TPSA) is 59.0 Å². The molecule has 9 heteroatoms. The van der Waals surface area contributed by atoms with Crippen molar-refractivity contribution in [3.05, 3.63) is 39.8 Å². The molecule has 0 aliphatic heterocycles. The van der Waals surface area contributed by atoms with Crippen molar-refractivity contribution in [1.82, 2.24) is 15.2 Å². The lowest BCUT2D eigenvalue weighted by Crippen LogP contribution is -2.38. The third-order valence-corrected chi connectivity index (χ3v) is 4.52. The third kappa shape index (κ3) is 6.63. The number of ether oxygens (including phenoxy) is 2. The second-order valence-corrected chi connectivity index (χ2v) is 7.04. The van der Waals surface area contributed by atoms with Crippen molar-refractivity contribution >= 4 is 17.3 Å². The summed E-state index contributed by atoms with van der Waals surface area (Å²) in [7, 11) is 1.95. The van der Waals surface area contributed by atoms with Gasteiger partial charge in [-0.15, -0.1) is 11.3 Å². The van der Waals surface area contributed by atoms with Gasteiger partial charge in [-0.2, -0.15) is 8.78 Å². The Hall–Kier alpha value is -2.42. The lowest BCUT2D eigenvalue weighted by Gasteiger charge is -2.21. The maximum Gasteiger partial charge on any atom is 0.387 e. The Morgan fingerprint density at radius 2 is 2.11 bits per heavy atom. The first kappa shape index (κ1) is 21.9. The van der Waals surface area contributed by atoms with Crippen LogP contribution in [0.5, 0.6) is 11.5 Å². The van der Waals surface area contributed by atoms with E-state index in [4.69, 9.17) is 4.74 Å². The van der Waals surface area contributed by atoms with Crippen LogP contribution < -0.4 is 14.8 Å². The van der Waals surface area contributed by atoms with Gasteiger partial charge in [-0.05, 0) is 38.5 Å². The fourth-order valence-corrected chi connectivity index (χ4v) is 3.15. The average Bonchev–Trinajstić information content (AvgIpc) is 3.05. The van der Waals surface area contributed by atoms with Crippen molar-refractivity contribution in [2.45, 2.75) is 40.5 Å². The summed E-state index contributed by atoms with van der Waals surface area (Å²) in [4.78, 5) is 11.1. The summed E-state index contributed by atoms with van der Waals surface area (Å²) in [5.74, 6) is 1.04. The van der Waals surface area contributed by atoms with Crippen molar-refractivity contribution in [3.8, 4) is 11.5 Å². The molecule has 0 bridgehead atoms. The summed E-state index contributed by atoms with van der Waals surface area (Å²) in [6.07, 6.45) is 0. The highest BCUT2D eigenvalue weighted by Crippen LogP contribution is 2.30. The van der Waals surface area contributed by atoms with Gasteiger partial charge in [0.15, 0.2) is 17.5 Å². The van der Waals surface area contributed by atoms with Crippen molar-refractivity contribution in [1.29, 1.82) is 0 Å². The molecule has 1 aromatic heterocycles. The van der Waals surface area contributed by atoms with Crippen LogP contribution in [0.1, 0.15) is 30.1 Å². The molecule has 0 saturated heterocycles. The van der Waals surface area contributed by atoms with Crippen molar-refractivity contribution in [3.63, 3.8) is 0 Å². The first-order valence-corrected chi connectivity index (χ1v) is 9.91. The molecule has 0 radical (unpaired) electrons. The standard InChI is InChI=1S/C19H26F2N4O2S/c1-5-22-19(25(4)11-15-12-28-13(3)24-15)23-10-14-7-8-16(27-18(20)21)17(9-14)26-6-2/h7-9,12,18H,5-6,10-11H2,1-4H3,(H,22,23). The van der Waals surface area contributed by atoms with Crippen LogP contribution in [0.15, 0.2) is 28.6 Å². The maximum absolute atomic E-state index is 12.5. The molecule has 0 fully saturated rings. The molecular weight excluding hydrogens is 386 g/mol. The zero-order valence-corrected chi connectivity index (χ0v) is 17.4. The van der Waals surface area contributed by atoms with Crippen LogP contribution in [0.4, 0.5) is 8.78 Å². The molecule has 6 nitrogen and oxygen atoms in total. The Labute approximate surface area is 168 Å². The van der Waals surface area contributed by atoms with Crippen LogP contribution in [0.2, 0.25) is 0 Å². The van der Waals surface area contributed by atoms with Gasteiger partial charge in [0.05, 0.1) is 30.4 Å². The average molecular weight is 413 g/mol. The zero-order valence-electron chi connectivity index (χ0n) is 16.5. The molecule has 1 N–H and O–H groups in total. The number of guanidine groups is 1. The molecule has 2 aromatic rings. The largest absolute Gasteiger partial charge is 0.490 e. The fraction of sp³-hybridized carbons (Fsp3) is 0.474. The van der Waals surface area contributed by atoms with Crippen molar-refractivity contribution in [2.75, 3.05) is 20.2 Å². The number of halogens is 2. The first-order chi connectivity index (χ1) is 13.4. The third-order valence-electron chi connectivity index (χ3n) is 3.70. The lowest BCUT2D eigenvalue weighted by molar-refractivity contribution is -0.0514. The summed E-state index contributed by atoms with van der Waals surface area (Å²) < 4.78 is 35.0. The second kappa shape index (κ2) is 10.8. The highest BCUT2D eigenvalue weighted by molar-refractivity contribution is 7.09. The van der Waals surface area contributed by atoms with E-state index in [1.54, 1.807) is 30.4 Å². The van der Waals surface area contributed by atoms with E-state index in [2.05, 4.69) is 20.0 Å². The van der Waals surface area contributed by atoms with E-state index in [-0.39, 0.29) is 11.5 Å². The van der Waals surface area contributed by atoms with Gasteiger partial charge >= 0.3 is 6.61 Å². The number of aromatic nitrogens is 1. The van der Waals surface area contributed by atoms with Gasteiger partial charge in [0.25, 0.3) is 0 Å². The minimum absolute atomic E-state index is 0.0208. The molecule has 0 unspecified atom stereocenters. The molecule has 28 heavy (non-hydrogen) atoms. The van der Waals surface area contributed by atoms with Gasteiger partial charge in [0, 0.05) is 19.0 Å². The second-order valence-electron chi connectivity index (χ2n) is 5.98. The molecule has 0 aliphatic rings. The maximum atomic E-state index is 12.5. The van der Waals surface area contributed by atoms with Crippen LogP contribution in [-0.4, -0.2) is 42.7 Å². The number of nitrogens with one attached hydrogen (secondary N) is 1. The minimum Gasteiger partial charge on any atom is -0.490 e. The van der Waals surface area contributed by atoms with Gasteiger partial charge in [-0.25, -0.2) is 9.98 Å². The van der Waals surface area contributed by atoms with E-state index >= 15 is 0 Å². The summed E-state index contributed by atoms with van der Waals surface area (Å²) in [6.45, 7) is 4.96. The molecule has 1 aromatic carbocycles. The normalized spacial score (nSPS) is 11.6. The Bertz CT molecular complexity index is 783. The van der Waals surface area contributed by atoms with E-state index in [1.807, 2.05) is 31.2 Å². The number of aliphatic imine (C=N–C) groups is 1. The Balaban J connectivity index is 2.13. The van der Waals surface area contributed by atoms with E-state index in [0.717, 1.165) is 28.8 Å². The highest BCUT2D eigenvalue weighted by Gasteiger charge is 2.12. The summed E-state index contributed by atoms with van der Waals surface area (Å²) >= 11 is 1.62. The van der Waals surface area contributed by atoms with Crippen molar-refractivity contribution in [2.24, 2.45) is 4.99 Å². The zero-order chi connectivity index (χ0) is 20.5. The number of aryl methyl sites for hydroxylation is 1. The predicted molar refractivity (Wildman–Crippen MR) is 107 cm³/mol. The number of nitrogens with zero attached hydrogens (tertiary/aromatic N) is 3. The Kier molecular flexibility index (Phi) is 8.43. The quantitative estimate of drug-likeness (QED) is 0.497. The van der Waals surface area contributed by atoms with Gasteiger partial charge in [-0.3, -0.25) is 0 Å². The molecule has 0 spiro atoms. The monoisotopic (exact) mass is 412 g/mol. The van der Waals surface area contributed by atoms with Gasteiger partial charge < -0.3 is 19.7 Å². The number of hydrogen-bond acceptors (Lipinski definition) is 5. The molecule has 154 valence electrons. The number of hydrogen-bond donors (Lipinski definition) is 1. The van der Waals surface area contributed by atoms with Gasteiger partial charge in [0.1, 0.15) is 0 Å². The molecule has 0 atom stereocenters. The highest BCUT2D eigenvalue weighted by atomic mass is 32.1. The predicted octanol–water partition coefficient (Wildman–Crippen LogP) is 4.05. The minimum atomic E-state index is -2.90. The molecule has 1 heterocycles. The summed E-state index contributed by atoms with van der Waals surface area (Å²) in [5.41, 5.74) is 1.82. The molecule has 2 rings (SSSR count). The Morgan fingerprint density at radius 3 is 2.71 bits per heavy atom. The number of alkyl halides is 2. The van der Waals surface area contributed by atoms with Crippen LogP contribution in [-0.2, 0) is 13.1 Å². The summed E-state index contributed by atoms with van der Waals surface area (Å²) in [6, 6.07) is 4.87. The number of thiazole rings is 1. The van der Waals surface area contributed by atoms with Gasteiger partial charge in [0.2, 0.25) is 0 Å². The smallest absolute Gasteiger partial charge is 0.387 e. The Morgan fingerprint density at radius 1 is 1.32 bits per heavy atom. The van der Waals surface area contributed by atoms with Crippen molar-refractivity contribution < 1.29 is 18.3 Å². The lowest BCUT2D eigenvalue weighted by atomic mass is 10.2. The number of benzene rings is 1. The SMILES string of the molecule is CCNC(=NCc1ccc(OC(F)F)c(OCC)c1)N(C)Cc1csc(C)n1. The van der Waals surface area contributed by atoms with Crippen LogP contribution in [0, 0.1) is 6.92 Å². The first-order valence-electron chi connectivity index (χ1n) is 9.03. The van der Waals surface area contributed by atoms with Gasteiger partial charge in [-0.1, -0.05) is 6.07 Å². The molecule has 0 saturated carbocycles. The van der Waals surface area contributed by atoms with Crippen LogP contribution in [0.25, 0.3) is 0 Å². The molecular formula is C19H26F2N4O2S. The van der Waals surface area contributed by atoms with E-state index < -0.39 is 6.61 Å². The van der Waals surface area contributed by atoms with E-state index in [9.17, 15) is 8.78 Å². The summed E-state index contributed by atoms with van der Waals surface area (Å²) in [5, 5.41) is 6.31. The van der Waals surface area contributed by atoms with E-state index in [0.29, 0.717) is 19.7 Å². The van der Waals surface area contributed by atoms with Crippen LogP contribution >= 0.6 is 11.3 Å². The molecule has 0 amide bonds. The fourth-order valence-electron chi connectivity index (χ4n) is 2.55. The van der Waals surface area contributed by atoms with Crippen LogP contribution in [0.3, 0.4) is 0 Å².